The van der Waals surface area contributed by atoms with Gasteiger partial charge in [-0.15, -0.1) is 11.3 Å². The normalized spacial score (nSPS) is 11.6. The fraction of sp³-hybridized carbons (Fsp3) is 0.0833. The first-order valence-corrected chi connectivity index (χ1v) is 8.09. The Balaban J connectivity index is 2.23. The van der Waals surface area contributed by atoms with Gasteiger partial charge < -0.3 is 5.73 Å². The number of carbonyl (C=O) groups is 1. The van der Waals surface area contributed by atoms with Crippen LogP contribution in [-0.2, 0) is 0 Å². The largest absolute Gasteiger partial charge is 0.396 e. The highest BCUT2D eigenvalue weighted by Crippen LogP contribution is 2.32. The second kappa shape index (κ2) is 7.02. The number of H-pyrrole nitrogens is 1. The van der Waals surface area contributed by atoms with E-state index >= 15 is 0 Å². The molecule has 0 aliphatic carbocycles. The Morgan fingerprint density at radius 1 is 1.27 bits per heavy atom. The molecule has 0 aliphatic rings. The van der Waals surface area contributed by atoms with Crippen molar-refractivity contribution >= 4 is 75.0 Å². The maximum atomic E-state index is 12.1. The van der Waals surface area contributed by atoms with Crippen molar-refractivity contribution < 1.29 is 9.78 Å². The highest BCUT2D eigenvalue weighted by atomic mass is 35.5. The predicted octanol–water partition coefficient (Wildman–Crippen LogP) is 3.91. The summed E-state index contributed by atoms with van der Waals surface area (Å²) in [5, 5.41) is 4.02. The van der Waals surface area contributed by atoms with E-state index in [1.54, 1.807) is 19.1 Å². The number of aromatic nitrogens is 1. The first kappa shape index (κ1) is 17.3. The molecule has 2 heterocycles. The highest BCUT2D eigenvalue weighted by Gasteiger charge is 2.26. The Hall–Kier alpha value is -1.05. The van der Waals surface area contributed by atoms with Crippen LogP contribution in [0.1, 0.15) is 22.3 Å². The van der Waals surface area contributed by atoms with Crippen LogP contribution in [0.5, 0.6) is 0 Å². The maximum absolute atomic E-state index is 12.1. The molecule has 0 fully saturated rings. The first-order chi connectivity index (χ1) is 10.3. The van der Waals surface area contributed by atoms with Gasteiger partial charge in [0.15, 0.2) is 0 Å². The molecule has 22 heavy (non-hydrogen) atoms. The molecule has 0 aromatic carbocycles. The number of nitrogens with zero attached hydrogens (tertiary/aromatic N) is 1. The van der Waals surface area contributed by atoms with Gasteiger partial charge in [-0.25, -0.2) is 5.43 Å². The average Bonchev–Trinajstić information content (AvgIpc) is 2.92. The molecule has 2 aromatic heterocycles. The molecular weight excluding hydrogens is 390 g/mol. The summed E-state index contributed by atoms with van der Waals surface area (Å²) in [7, 11) is 0. The second-order valence-corrected chi connectivity index (χ2v) is 6.95. The molecule has 0 bridgehead atoms. The number of halogens is 4. The number of pyridine rings is 1. The smallest absolute Gasteiger partial charge is 0.337 e. The number of nitrogen functional groups attached to an aromatic ring is 1. The predicted molar refractivity (Wildman–Crippen MR) is 91.4 cm³/mol. The van der Waals surface area contributed by atoms with Crippen molar-refractivity contribution in [1.29, 1.82) is 0 Å². The zero-order valence-electron chi connectivity index (χ0n) is 11.0. The molecule has 116 valence electrons. The van der Waals surface area contributed by atoms with E-state index < -0.39 is 5.91 Å². The molecule has 1 amide bonds. The van der Waals surface area contributed by atoms with Crippen molar-refractivity contribution in [3.8, 4) is 0 Å². The van der Waals surface area contributed by atoms with Crippen molar-refractivity contribution in [2.75, 3.05) is 5.73 Å². The molecule has 5 nitrogen and oxygen atoms in total. The van der Waals surface area contributed by atoms with Crippen molar-refractivity contribution in [3.63, 3.8) is 0 Å². The SMILES string of the molecule is C/C(=N\NC(=O)c1[nH+]c(Cl)c(Cl)c(N)c1Cl)c1ccc(Cl)s1. The number of anilines is 1. The Bertz CT molecular complexity index is 775. The molecule has 4 N–H and O–H groups in total. The lowest BCUT2D eigenvalue weighted by atomic mass is 10.3. The molecule has 0 saturated carbocycles. The van der Waals surface area contributed by atoms with Crippen molar-refractivity contribution in [2.45, 2.75) is 6.92 Å². The topological polar surface area (TPSA) is 81.6 Å². The van der Waals surface area contributed by atoms with Crippen LogP contribution in [0.25, 0.3) is 0 Å². The van der Waals surface area contributed by atoms with E-state index in [4.69, 9.17) is 52.1 Å². The monoisotopic (exact) mass is 397 g/mol. The third-order valence-corrected chi connectivity index (χ3v) is 5.11. The lowest BCUT2D eigenvalue weighted by Crippen LogP contribution is -2.28. The Morgan fingerprint density at radius 3 is 2.55 bits per heavy atom. The molecule has 10 heteroatoms. The average molecular weight is 399 g/mol. The van der Waals surface area contributed by atoms with Gasteiger partial charge >= 0.3 is 5.91 Å². The minimum atomic E-state index is -0.600. The zero-order valence-corrected chi connectivity index (χ0v) is 14.8. The number of nitrogens with one attached hydrogen (secondary N) is 2. The molecular formula is C12H9Cl4N4OS+. The summed E-state index contributed by atoms with van der Waals surface area (Å²) in [6.07, 6.45) is 0. The molecule has 0 aliphatic heterocycles. The summed E-state index contributed by atoms with van der Waals surface area (Å²) in [5.74, 6) is -0.600. The lowest BCUT2D eigenvalue weighted by Gasteiger charge is -2.03. The van der Waals surface area contributed by atoms with E-state index in [9.17, 15) is 4.79 Å². The Kier molecular flexibility index (Phi) is 5.52. The summed E-state index contributed by atoms with van der Waals surface area (Å²) in [6, 6.07) is 3.54. The molecule has 0 spiro atoms. The number of thiophene rings is 1. The van der Waals surface area contributed by atoms with Crippen LogP contribution >= 0.6 is 57.7 Å². The second-order valence-electron chi connectivity index (χ2n) is 4.10. The van der Waals surface area contributed by atoms with E-state index in [1.165, 1.54) is 11.3 Å². The number of amides is 1. The number of hydrogen-bond acceptors (Lipinski definition) is 4. The number of nitrogens with two attached hydrogens (primary N) is 1. The van der Waals surface area contributed by atoms with Gasteiger partial charge in [-0.3, -0.25) is 4.79 Å². The van der Waals surface area contributed by atoms with Gasteiger partial charge in [0.05, 0.1) is 20.6 Å². The summed E-state index contributed by atoms with van der Waals surface area (Å²) < 4.78 is 0.629. The highest BCUT2D eigenvalue weighted by molar-refractivity contribution is 7.18. The van der Waals surface area contributed by atoms with Gasteiger partial charge in [0.2, 0.25) is 0 Å². The van der Waals surface area contributed by atoms with Crippen molar-refractivity contribution in [1.82, 2.24) is 5.43 Å². The minimum Gasteiger partial charge on any atom is -0.396 e. The fourth-order valence-electron chi connectivity index (χ4n) is 1.48. The van der Waals surface area contributed by atoms with Gasteiger partial charge in [0.25, 0.3) is 10.8 Å². The Labute approximate surface area is 150 Å². The quantitative estimate of drug-likeness (QED) is 0.466. The number of carbonyl (C=O) groups excluding carboxylic acids is 1. The summed E-state index contributed by atoms with van der Waals surface area (Å²) >= 11 is 24.8. The van der Waals surface area contributed by atoms with E-state index in [0.717, 1.165) is 4.88 Å². The molecule has 0 saturated heterocycles. The van der Waals surface area contributed by atoms with Gasteiger partial charge in [-0.05, 0) is 30.7 Å². The van der Waals surface area contributed by atoms with Crippen LogP contribution in [0, 0.1) is 0 Å². The van der Waals surface area contributed by atoms with E-state index in [0.29, 0.717) is 10.0 Å². The number of rotatable bonds is 3. The molecule has 0 atom stereocenters. The van der Waals surface area contributed by atoms with E-state index in [-0.39, 0.29) is 26.6 Å². The van der Waals surface area contributed by atoms with Crippen LogP contribution in [0.3, 0.4) is 0 Å². The third-order valence-electron chi connectivity index (χ3n) is 2.60. The van der Waals surface area contributed by atoms with Gasteiger partial charge in [0, 0.05) is 0 Å². The minimum absolute atomic E-state index is 0.0134. The van der Waals surface area contributed by atoms with Crippen LogP contribution in [0.15, 0.2) is 17.2 Å². The summed E-state index contributed by atoms with van der Waals surface area (Å²) in [6.45, 7) is 1.73. The van der Waals surface area contributed by atoms with E-state index in [1.807, 2.05) is 0 Å². The van der Waals surface area contributed by atoms with Gasteiger partial charge in [-0.1, -0.05) is 34.8 Å². The van der Waals surface area contributed by atoms with Crippen molar-refractivity contribution in [3.05, 3.63) is 42.2 Å². The zero-order chi connectivity index (χ0) is 16.4. The maximum Gasteiger partial charge on any atom is 0.337 e. The van der Waals surface area contributed by atoms with Gasteiger partial charge in [0.1, 0.15) is 10.0 Å². The van der Waals surface area contributed by atoms with E-state index in [2.05, 4.69) is 15.5 Å². The summed E-state index contributed by atoms with van der Waals surface area (Å²) in [4.78, 5) is 15.5. The van der Waals surface area contributed by atoms with Crippen LogP contribution < -0.4 is 16.1 Å². The third kappa shape index (κ3) is 3.64. The first-order valence-electron chi connectivity index (χ1n) is 5.76. The summed E-state index contributed by atoms with van der Waals surface area (Å²) in [5.41, 5.74) is 8.61. The lowest BCUT2D eigenvalue weighted by molar-refractivity contribution is -0.379. The Morgan fingerprint density at radius 2 is 1.95 bits per heavy atom. The van der Waals surface area contributed by atoms with Crippen molar-refractivity contribution in [2.24, 2.45) is 5.10 Å². The molecule has 0 unspecified atom stereocenters. The molecule has 2 rings (SSSR count). The fourth-order valence-corrected chi connectivity index (χ4v) is 3.08. The number of hydrazone groups is 1. The van der Waals surface area contributed by atoms with Crippen LogP contribution in [0.4, 0.5) is 5.69 Å². The van der Waals surface area contributed by atoms with Crippen LogP contribution in [-0.4, -0.2) is 11.6 Å². The van der Waals surface area contributed by atoms with Gasteiger partial charge in [-0.2, -0.15) is 10.1 Å². The molecule has 0 radical (unpaired) electrons. The standard InChI is InChI=1S/C12H8Cl4N4OS/c1-4(5-2-3-6(13)22-5)19-20-12(21)10-7(14)9(17)8(15)11(16)18-10/h2-3H,1H3,(H2,17,18)(H,20,21)/p+1/b19-4+. The van der Waals surface area contributed by atoms with Crippen LogP contribution in [0.2, 0.25) is 19.5 Å². The molecule has 2 aromatic rings. The number of hydrogen-bond donors (Lipinski definition) is 2. The number of aromatic amines is 1.